The monoisotopic (exact) mass is 474 g/mol. The number of likely N-dealkylation sites (N-methyl/N-ethyl adjacent to an activating group) is 1. The molecule has 2 aromatic rings. The minimum absolute atomic E-state index is 0.351. The molecule has 0 saturated carbocycles. The zero-order chi connectivity index (χ0) is 23.8. The zero-order valence-corrected chi connectivity index (χ0v) is 21.0. The Balaban J connectivity index is 1.48. The molecule has 180 valence electrons. The molecule has 0 atom stereocenters. The van der Waals surface area contributed by atoms with Gasteiger partial charge in [-0.1, -0.05) is 0 Å². The Bertz CT molecular complexity index is 1110. The molecule has 9 nitrogen and oxygen atoms in total. The molecule has 2 saturated heterocycles. The van der Waals surface area contributed by atoms with Crippen molar-refractivity contribution in [1.82, 2.24) is 19.2 Å². The second-order valence-electron chi connectivity index (χ2n) is 8.90. The summed E-state index contributed by atoms with van der Waals surface area (Å²) in [7, 11) is 0.153. The fourth-order valence-corrected chi connectivity index (χ4v) is 6.17. The van der Waals surface area contributed by atoms with Crippen LogP contribution in [-0.2, 0) is 10.0 Å². The molecule has 0 unspecified atom stereocenters. The van der Waals surface area contributed by atoms with Crippen molar-refractivity contribution in [3.05, 3.63) is 35.2 Å². The lowest BCUT2D eigenvalue weighted by molar-refractivity contribution is 0.312. The van der Waals surface area contributed by atoms with Gasteiger partial charge >= 0.3 is 0 Å². The summed E-state index contributed by atoms with van der Waals surface area (Å²) < 4.78 is 33.7. The van der Waals surface area contributed by atoms with E-state index in [1.54, 1.807) is 23.5 Å². The molecule has 4 rings (SSSR count). The van der Waals surface area contributed by atoms with Gasteiger partial charge < -0.3 is 19.4 Å². The highest BCUT2D eigenvalue weighted by atomic mass is 32.2. The predicted molar refractivity (Wildman–Crippen MR) is 130 cm³/mol. The van der Waals surface area contributed by atoms with Crippen LogP contribution in [0.1, 0.15) is 17.0 Å². The molecule has 2 aliphatic heterocycles. The van der Waals surface area contributed by atoms with Crippen LogP contribution in [0.2, 0.25) is 0 Å². The highest BCUT2D eigenvalue weighted by molar-refractivity contribution is 7.89. The smallest absolute Gasteiger partial charge is 0.243 e. The first-order valence-electron chi connectivity index (χ1n) is 11.4. The van der Waals surface area contributed by atoms with Gasteiger partial charge in [0.15, 0.2) is 0 Å². The number of sulfonamides is 1. The minimum Gasteiger partial charge on any atom is -0.496 e. The van der Waals surface area contributed by atoms with Gasteiger partial charge in [-0.3, -0.25) is 0 Å². The number of methoxy groups -OCH3 is 1. The van der Waals surface area contributed by atoms with E-state index in [-0.39, 0.29) is 0 Å². The average molecular weight is 475 g/mol. The molecule has 10 heteroatoms. The Morgan fingerprint density at radius 1 is 0.788 bits per heavy atom. The lowest BCUT2D eigenvalue weighted by Gasteiger charge is -2.36. The Kier molecular flexibility index (Phi) is 6.78. The minimum atomic E-state index is -3.58. The van der Waals surface area contributed by atoms with Crippen molar-refractivity contribution in [3.8, 4) is 5.75 Å². The number of aryl methyl sites for hydroxylation is 3. The highest BCUT2D eigenvalue weighted by Crippen LogP contribution is 2.29. The fourth-order valence-electron chi connectivity index (χ4n) is 4.45. The maximum atomic E-state index is 13.4. The fraction of sp³-hybridized carbons (Fsp3) is 0.565. The molecule has 1 aromatic carbocycles. The third-order valence-electron chi connectivity index (χ3n) is 6.51. The van der Waals surface area contributed by atoms with E-state index in [0.29, 0.717) is 42.4 Å². The van der Waals surface area contributed by atoms with Crippen LogP contribution >= 0.6 is 0 Å². The Morgan fingerprint density at radius 3 is 1.88 bits per heavy atom. The molecule has 0 spiro atoms. The van der Waals surface area contributed by atoms with Crippen LogP contribution in [-0.4, -0.2) is 94.1 Å². The van der Waals surface area contributed by atoms with Gasteiger partial charge in [0.25, 0.3) is 0 Å². The molecule has 33 heavy (non-hydrogen) atoms. The van der Waals surface area contributed by atoms with Crippen molar-refractivity contribution < 1.29 is 13.2 Å². The van der Waals surface area contributed by atoms with Crippen LogP contribution in [0.4, 0.5) is 11.6 Å². The number of benzene rings is 1. The van der Waals surface area contributed by atoms with E-state index in [1.807, 2.05) is 26.8 Å². The molecule has 0 bridgehead atoms. The Labute approximate surface area is 197 Å². The number of rotatable bonds is 5. The summed E-state index contributed by atoms with van der Waals surface area (Å²) in [5.74, 6) is 3.25. The summed E-state index contributed by atoms with van der Waals surface area (Å²) in [6, 6.07) is 5.55. The molecular formula is C23H34N6O3S. The molecule has 1 aromatic heterocycles. The molecule has 0 aliphatic carbocycles. The van der Waals surface area contributed by atoms with Crippen molar-refractivity contribution in [2.24, 2.45) is 0 Å². The maximum absolute atomic E-state index is 13.4. The lowest BCUT2D eigenvalue weighted by atomic mass is 10.1. The van der Waals surface area contributed by atoms with Crippen molar-refractivity contribution in [2.45, 2.75) is 25.7 Å². The van der Waals surface area contributed by atoms with Crippen molar-refractivity contribution >= 4 is 21.7 Å². The number of hydrogen-bond donors (Lipinski definition) is 0. The van der Waals surface area contributed by atoms with Crippen LogP contribution in [0.15, 0.2) is 23.1 Å². The standard InChI is InChI=1S/C23H34N6O3S/c1-17-15-21(18(2)14-20(17)32-5)33(30,31)29-12-10-28(11-13-29)23-16-22(24-19(3)25-23)27-8-6-26(4)7-9-27/h14-16H,6-13H2,1-5H3. The van der Waals surface area contributed by atoms with Gasteiger partial charge in [0, 0.05) is 58.4 Å². The van der Waals surface area contributed by atoms with E-state index in [2.05, 4.69) is 31.7 Å². The molecule has 3 heterocycles. The second-order valence-corrected chi connectivity index (χ2v) is 10.8. The van der Waals surface area contributed by atoms with Crippen molar-refractivity contribution in [2.75, 3.05) is 76.3 Å². The quantitative estimate of drug-likeness (QED) is 0.647. The number of aromatic nitrogens is 2. The topological polar surface area (TPSA) is 82.1 Å². The van der Waals surface area contributed by atoms with Crippen molar-refractivity contribution in [1.29, 1.82) is 0 Å². The second kappa shape index (κ2) is 9.44. The third-order valence-corrected chi connectivity index (χ3v) is 8.55. The first kappa shape index (κ1) is 23.7. The SMILES string of the molecule is COc1cc(C)c(S(=O)(=O)N2CCN(c3cc(N4CCN(C)CC4)nc(C)n3)CC2)cc1C. The van der Waals surface area contributed by atoms with E-state index >= 15 is 0 Å². The van der Waals surface area contributed by atoms with Gasteiger partial charge in [-0.15, -0.1) is 0 Å². The lowest BCUT2D eigenvalue weighted by Crippen LogP contribution is -2.49. The maximum Gasteiger partial charge on any atom is 0.243 e. The Hall–Kier alpha value is -2.43. The summed E-state index contributed by atoms with van der Waals surface area (Å²) in [6.07, 6.45) is 0. The number of ether oxygens (including phenoxy) is 1. The Morgan fingerprint density at radius 2 is 1.33 bits per heavy atom. The summed E-state index contributed by atoms with van der Waals surface area (Å²) in [4.78, 5) is 16.4. The van der Waals surface area contributed by atoms with Crippen LogP contribution in [0.25, 0.3) is 0 Å². The summed E-state index contributed by atoms with van der Waals surface area (Å²) in [5, 5.41) is 0. The van der Waals surface area contributed by atoms with E-state index in [9.17, 15) is 8.42 Å². The molecule has 2 aliphatic rings. The largest absolute Gasteiger partial charge is 0.496 e. The average Bonchev–Trinajstić information content (AvgIpc) is 2.80. The number of nitrogens with zero attached hydrogens (tertiary/aromatic N) is 6. The van der Waals surface area contributed by atoms with Gasteiger partial charge in [0.2, 0.25) is 10.0 Å². The molecule has 0 radical (unpaired) electrons. The van der Waals surface area contributed by atoms with Crippen molar-refractivity contribution in [3.63, 3.8) is 0 Å². The first-order valence-corrected chi connectivity index (χ1v) is 12.8. The van der Waals surface area contributed by atoms with Gasteiger partial charge in [-0.05, 0) is 51.1 Å². The van der Waals surface area contributed by atoms with Crippen LogP contribution in [0, 0.1) is 20.8 Å². The number of piperazine rings is 2. The van der Waals surface area contributed by atoms with E-state index in [0.717, 1.165) is 49.2 Å². The van der Waals surface area contributed by atoms with Gasteiger partial charge in [0.05, 0.1) is 12.0 Å². The van der Waals surface area contributed by atoms with E-state index in [1.165, 1.54) is 0 Å². The van der Waals surface area contributed by atoms with Crippen LogP contribution in [0.3, 0.4) is 0 Å². The van der Waals surface area contributed by atoms with Crippen LogP contribution < -0.4 is 14.5 Å². The van der Waals surface area contributed by atoms with Gasteiger partial charge in [-0.25, -0.2) is 18.4 Å². The summed E-state index contributed by atoms with van der Waals surface area (Å²) >= 11 is 0. The third kappa shape index (κ3) is 4.92. The molecule has 0 amide bonds. The molecule has 2 fully saturated rings. The van der Waals surface area contributed by atoms with Crippen LogP contribution in [0.5, 0.6) is 5.75 Å². The normalized spacial score (nSPS) is 18.6. The number of anilines is 2. The zero-order valence-electron chi connectivity index (χ0n) is 20.2. The van der Waals surface area contributed by atoms with Gasteiger partial charge in [0.1, 0.15) is 23.2 Å². The summed E-state index contributed by atoms with van der Waals surface area (Å²) in [6.45, 7) is 11.5. The predicted octanol–water partition coefficient (Wildman–Crippen LogP) is 1.67. The highest BCUT2D eigenvalue weighted by Gasteiger charge is 2.31. The van der Waals surface area contributed by atoms with E-state index < -0.39 is 10.0 Å². The molecular weight excluding hydrogens is 440 g/mol. The first-order chi connectivity index (χ1) is 15.7. The van der Waals surface area contributed by atoms with Gasteiger partial charge in [-0.2, -0.15) is 4.31 Å². The van der Waals surface area contributed by atoms with E-state index in [4.69, 9.17) is 4.74 Å². The summed E-state index contributed by atoms with van der Waals surface area (Å²) in [5.41, 5.74) is 1.51. The number of hydrogen-bond acceptors (Lipinski definition) is 8. The molecule has 0 N–H and O–H groups in total.